The van der Waals surface area contributed by atoms with Crippen molar-refractivity contribution in [2.45, 2.75) is 6.92 Å². The van der Waals surface area contributed by atoms with Crippen molar-refractivity contribution in [3.8, 4) is 0 Å². The molecule has 2 aromatic carbocycles. The number of hydrogen-bond donors (Lipinski definition) is 1. The molecule has 0 radical (unpaired) electrons. The highest BCUT2D eigenvalue weighted by molar-refractivity contribution is 6.41. The highest BCUT2D eigenvalue weighted by Gasteiger charge is 2.31. The molecule has 108 valence electrons. The molecule has 0 heterocycles. The number of allylic oxidation sites excluding steroid dienone is 2. The number of carbonyl (C=O) groups excluding carboxylic acids is 2. The van der Waals surface area contributed by atoms with E-state index in [0.717, 1.165) is 0 Å². The summed E-state index contributed by atoms with van der Waals surface area (Å²) < 4.78 is 0. The van der Waals surface area contributed by atoms with E-state index in [4.69, 9.17) is 0 Å². The van der Waals surface area contributed by atoms with Crippen LogP contribution in [0, 0.1) is 0 Å². The van der Waals surface area contributed by atoms with Gasteiger partial charge in [-0.25, -0.2) is 4.79 Å². The summed E-state index contributed by atoms with van der Waals surface area (Å²) in [6, 6.07) is 12.8. The Kier molecular flexibility index (Phi) is 3.22. The Labute approximate surface area is 126 Å². The Balaban J connectivity index is 2.29. The molecule has 0 aliphatic heterocycles. The van der Waals surface area contributed by atoms with Crippen LogP contribution in [0.4, 0.5) is 0 Å². The Morgan fingerprint density at radius 3 is 1.91 bits per heavy atom. The highest BCUT2D eigenvalue weighted by Crippen LogP contribution is 2.33. The third-order valence-electron chi connectivity index (χ3n) is 3.79. The lowest BCUT2D eigenvalue weighted by Crippen LogP contribution is -2.21. The smallest absolute Gasteiger partial charge is 0.336 e. The molecule has 0 amide bonds. The summed E-state index contributed by atoms with van der Waals surface area (Å²) in [4.78, 5) is 36.6. The number of rotatable bonds is 2. The van der Waals surface area contributed by atoms with E-state index in [2.05, 4.69) is 0 Å². The minimum atomic E-state index is -1.13. The van der Waals surface area contributed by atoms with Crippen LogP contribution < -0.4 is 0 Å². The molecule has 4 nitrogen and oxygen atoms in total. The zero-order valence-electron chi connectivity index (χ0n) is 11.8. The second-order valence-electron chi connectivity index (χ2n) is 5.05. The van der Waals surface area contributed by atoms with E-state index in [1.807, 2.05) is 0 Å². The first-order valence-electron chi connectivity index (χ1n) is 6.74. The summed E-state index contributed by atoms with van der Waals surface area (Å²) in [5, 5.41) is 9.31. The molecular formula is C18H12O4. The van der Waals surface area contributed by atoms with Crippen molar-refractivity contribution >= 4 is 23.1 Å². The largest absolute Gasteiger partial charge is 0.478 e. The van der Waals surface area contributed by atoms with Crippen LogP contribution >= 0.6 is 0 Å². The third kappa shape index (κ3) is 1.97. The summed E-state index contributed by atoms with van der Waals surface area (Å²) in [5.74, 6) is -1.69. The average molecular weight is 292 g/mol. The predicted molar refractivity (Wildman–Crippen MR) is 81.1 cm³/mol. The van der Waals surface area contributed by atoms with Crippen molar-refractivity contribution in [3.05, 3.63) is 76.4 Å². The van der Waals surface area contributed by atoms with E-state index in [1.165, 1.54) is 6.07 Å². The number of carboxylic acids is 1. The fourth-order valence-electron chi connectivity index (χ4n) is 2.71. The van der Waals surface area contributed by atoms with Crippen LogP contribution in [-0.2, 0) is 0 Å². The molecule has 0 spiro atoms. The van der Waals surface area contributed by atoms with Crippen LogP contribution in [0.15, 0.2) is 54.1 Å². The van der Waals surface area contributed by atoms with Crippen LogP contribution in [0.25, 0.3) is 5.57 Å². The summed E-state index contributed by atoms with van der Waals surface area (Å²) >= 11 is 0. The molecule has 1 aliphatic carbocycles. The first-order chi connectivity index (χ1) is 10.5. The van der Waals surface area contributed by atoms with Gasteiger partial charge in [-0.15, -0.1) is 0 Å². The normalized spacial score (nSPS) is 14.0. The molecule has 22 heavy (non-hydrogen) atoms. The molecule has 0 saturated carbocycles. The van der Waals surface area contributed by atoms with Gasteiger partial charge < -0.3 is 5.11 Å². The summed E-state index contributed by atoms with van der Waals surface area (Å²) in [5.41, 5.74) is 1.41. The van der Waals surface area contributed by atoms with Crippen LogP contribution in [0.2, 0.25) is 0 Å². The zero-order valence-corrected chi connectivity index (χ0v) is 11.8. The van der Waals surface area contributed by atoms with E-state index in [0.29, 0.717) is 11.1 Å². The number of carboxylic acid groups (broad SMARTS) is 1. The van der Waals surface area contributed by atoms with E-state index in [1.54, 1.807) is 49.4 Å². The standard InChI is InChI=1S/C18H12O4/c1-10-15(11-6-2-5-9-14(11)18(21)22)17(20)13-8-4-3-7-12(13)16(10)19/h2-9H,1H3,(H,21,22). The Hall–Kier alpha value is -3.01. The Morgan fingerprint density at radius 2 is 1.32 bits per heavy atom. The first kappa shape index (κ1) is 13.9. The van der Waals surface area contributed by atoms with Crippen molar-refractivity contribution < 1.29 is 19.5 Å². The molecule has 0 fully saturated rings. The number of fused-ring (bicyclic) bond motifs is 1. The monoisotopic (exact) mass is 292 g/mol. The van der Waals surface area contributed by atoms with Gasteiger partial charge in [-0.1, -0.05) is 42.5 Å². The minimum Gasteiger partial charge on any atom is -0.478 e. The van der Waals surface area contributed by atoms with Gasteiger partial charge in [0.2, 0.25) is 0 Å². The van der Waals surface area contributed by atoms with E-state index in [-0.39, 0.29) is 33.8 Å². The van der Waals surface area contributed by atoms with Crippen molar-refractivity contribution in [3.63, 3.8) is 0 Å². The van der Waals surface area contributed by atoms with E-state index >= 15 is 0 Å². The van der Waals surface area contributed by atoms with Crippen LogP contribution in [0.1, 0.15) is 43.6 Å². The molecule has 3 rings (SSSR count). The van der Waals surface area contributed by atoms with Gasteiger partial charge in [0.05, 0.1) is 5.56 Å². The molecule has 0 bridgehead atoms. The highest BCUT2D eigenvalue weighted by atomic mass is 16.4. The average Bonchev–Trinajstić information content (AvgIpc) is 2.53. The van der Waals surface area contributed by atoms with Gasteiger partial charge in [-0.2, -0.15) is 0 Å². The van der Waals surface area contributed by atoms with Gasteiger partial charge in [0.15, 0.2) is 11.6 Å². The summed E-state index contributed by atoms with van der Waals surface area (Å²) in [6.45, 7) is 1.56. The van der Waals surface area contributed by atoms with Crippen LogP contribution in [0.3, 0.4) is 0 Å². The summed E-state index contributed by atoms with van der Waals surface area (Å²) in [7, 11) is 0. The van der Waals surface area contributed by atoms with E-state index in [9.17, 15) is 19.5 Å². The second-order valence-corrected chi connectivity index (χ2v) is 5.05. The predicted octanol–water partition coefficient (Wildman–Crippen LogP) is 3.24. The lowest BCUT2D eigenvalue weighted by molar-refractivity contribution is 0.0696. The number of aromatic carboxylic acids is 1. The molecular weight excluding hydrogens is 280 g/mol. The van der Waals surface area contributed by atoms with Gasteiger partial charge in [0.25, 0.3) is 0 Å². The fourth-order valence-corrected chi connectivity index (χ4v) is 2.71. The number of carbonyl (C=O) groups is 3. The molecule has 0 unspecified atom stereocenters. The van der Waals surface area contributed by atoms with Gasteiger partial charge in [0.1, 0.15) is 0 Å². The lowest BCUT2D eigenvalue weighted by Gasteiger charge is -2.20. The Morgan fingerprint density at radius 1 is 0.818 bits per heavy atom. The van der Waals surface area contributed by atoms with Gasteiger partial charge in [0, 0.05) is 27.8 Å². The molecule has 4 heteroatoms. The van der Waals surface area contributed by atoms with Crippen molar-refractivity contribution in [2.75, 3.05) is 0 Å². The minimum absolute atomic E-state index is 0.0115. The Bertz CT molecular complexity index is 859. The molecule has 2 aromatic rings. The first-order valence-corrected chi connectivity index (χ1v) is 6.74. The number of Topliss-reactive ketones (excluding diaryl/α,β-unsaturated/α-hetero) is 2. The fraction of sp³-hybridized carbons (Fsp3) is 0.0556. The maximum absolute atomic E-state index is 12.7. The molecule has 1 aliphatic rings. The number of benzene rings is 2. The molecule has 1 N–H and O–H groups in total. The van der Waals surface area contributed by atoms with Crippen LogP contribution in [0.5, 0.6) is 0 Å². The van der Waals surface area contributed by atoms with Crippen LogP contribution in [-0.4, -0.2) is 22.6 Å². The lowest BCUT2D eigenvalue weighted by atomic mass is 9.80. The number of hydrogen-bond acceptors (Lipinski definition) is 3. The van der Waals surface area contributed by atoms with E-state index < -0.39 is 5.97 Å². The summed E-state index contributed by atoms with van der Waals surface area (Å²) in [6.07, 6.45) is 0. The quantitative estimate of drug-likeness (QED) is 0.922. The van der Waals surface area contributed by atoms with Gasteiger partial charge in [-0.05, 0) is 13.0 Å². The maximum atomic E-state index is 12.7. The SMILES string of the molecule is CC1=C(c2ccccc2C(=O)O)C(=O)c2ccccc2C1=O. The molecule has 0 atom stereocenters. The zero-order chi connectivity index (χ0) is 15.9. The third-order valence-corrected chi connectivity index (χ3v) is 3.79. The maximum Gasteiger partial charge on any atom is 0.336 e. The molecule has 0 saturated heterocycles. The second kappa shape index (κ2) is 5.07. The van der Waals surface area contributed by atoms with Crippen molar-refractivity contribution in [1.29, 1.82) is 0 Å². The number of ketones is 2. The van der Waals surface area contributed by atoms with Gasteiger partial charge >= 0.3 is 5.97 Å². The van der Waals surface area contributed by atoms with Crippen molar-refractivity contribution in [1.82, 2.24) is 0 Å². The topological polar surface area (TPSA) is 71.4 Å². The molecule has 0 aromatic heterocycles. The van der Waals surface area contributed by atoms with Crippen molar-refractivity contribution in [2.24, 2.45) is 0 Å². The van der Waals surface area contributed by atoms with Gasteiger partial charge in [-0.3, -0.25) is 9.59 Å².